The second-order valence-electron chi connectivity index (χ2n) is 4.94. The highest BCUT2D eigenvalue weighted by molar-refractivity contribution is 7.92. The molecule has 0 saturated heterocycles. The number of sulfonamides is 1. The van der Waals surface area contributed by atoms with Crippen LogP contribution >= 0.6 is 0 Å². The van der Waals surface area contributed by atoms with Gasteiger partial charge in [0.2, 0.25) is 10.0 Å². The summed E-state index contributed by atoms with van der Waals surface area (Å²) in [5.74, 6) is 0.898. The van der Waals surface area contributed by atoms with Crippen LogP contribution in [0.2, 0.25) is 0 Å². The second-order valence-corrected chi connectivity index (χ2v) is 6.78. The molecule has 1 aromatic heterocycles. The molecule has 2 aromatic rings. The number of hydrogen-bond acceptors (Lipinski definition) is 4. The van der Waals surface area contributed by atoms with Crippen molar-refractivity contribution in [3.63, 3.8) is 0 Å². The molecule has 0 amide bonds. The van der Waals surface area contributed by atoms with Crippen molar-refractivity contribution in [1.29, 1.82) is 0 Å². The normalized spacial score (nSPS) is 11.2. The van der Waals surface area contributed by atoms with Gasteiger partial charge in [-0.25, -0.2) is 13.4 Å². The Morgan fingerprint density at radius 3 is 2.55 bits per heavy atom. The van der Waals surface area contributed by atoms with Gasteiger partial charge in [0.15, 0.2) is 0 Å². The molecule has 0 fully saturated rings. The van der Waals surface area contributed by atoms with E-state index in [2.05, 4.69) is 16.6 Å². The lowest BCUT2D eigenvalue weighted by atomic mass is 10.2. The van der Waals surface area contributed by atoms with Crippen LogP contribution in [0.1, 0.15) is 18.1 Å². The van der Waals surface area contributed by atoms with Crippen LogP contribution < -0.4 is 9.46 Å². The monoisotopic (exact) mass is 320 g/mol. The van der Waals surface area contributed by atoms with Crippen molar-refractivity contribution >= 4 is 15.8 Å². The fourth-order valence-corrected chi connectivity index (χ4v) is 2.79. The summed E-state index contributed by atoms with van der Waals surface area (Å²) < 4.78 is 32.0. The molecule has 0 aliphatic carbocycles. The van der Waals surface area contributed by atoms with E-state index >= 15 is 0 Å². The maximum absolute atomic E-state index is 12.0. The van der Waals surface area contributed by atoms with Gasteiger partial charge in [-0.2, -0.15) is 0 Å². The van der Waals surface area contributed by atoms with E-state index in [1.165, 1.54) is 5.56 Å². The summed E-state index contributed by atoms with van der Waals surface area (Å²) in [6, 6.07) is 11.2. The van der Waals surface area contributed by atoms with Crippen molar-refractivity contribution in [2.75, 3.05) is 17.1 Å². The number of benzene rings is 1. The van der Waals surface area contributed by atoms with Crippen LogP contribution in [0.5, 0.6) is 5.75 Å². The number of anilines is 1. The number of ether oxygens (including phenoxy) is 1. The maximum atomic E-state index is 12.0. The van der Waals surface area contributed by atoms with E-state index in [9.17, 15) is 8.42 Å². The topological polar surface area (TPSA) is 68.3 Å². The van der Waals surface area contributed by atoms with E-state index in [1.54, 1.807) is 25.3 Å². The Balaban J connectivity index is 1.88. The molecule has 6 heteroatoms. The first-order valence-corrected chi connectivity index (χ1v) is 8.79. The van der Waals surface area contributed by atoms with E-state index < -0.39 is 10.0 Å². The Hall–Kier alpha value is -2.08. The lowest BCUT2D eigenvalue weighted by molar-refractivity contribution is 0.341. The third-order valence-corrected chi connectivity index (χ3v) is 4.42. The van der Waals surface area contributed by atoms with Crippen LogP contribution in [0.15, 0.2) is 42.6 Å². The van der Waals surface area contributed by atoms with Gasteiger partial charge in [0, 0.05) is 6.20 Å². The molecule has 22 heavy (non-hydrogen) atoms. The van der Waals surface area contributed by atoms with Gasteiger partial charge in [-0.1, -0.05) is 25.1 Å². The Morgan fingerprint density at radius 1 is 1.18 bits per heavy atom. The lowest BCUT2D eigenvalue weighted by Crippen LogP contribution is -2.22. The van der Waals surface area contributed by atoms with E-state index in [-0.39, 0.29) is 12.4 Å². The van der Waals surface area contributed by atoms with Crippen LogP contribution in [0.4, 0.5) is 5.82 Å². The van der Waals surface area contributed by atoms with Crippen molar-refractivity contribution in [3.05, 3.63) is 53.7 Å². The summed E-state index contributed by atoms with van der Waals surface area (Å²) in [4.78, 5) is 4.02. The first-order chi connectivity index (χ1) is 10.5. The van der Waals surface area contributed by atoms with E-state index in [0.717, 1.165) is 12.0 Å². The van der Waals surface area contributed by atoms with Gasteiger partial charge in [-0.3, -0.25) is 4.72 Å². The molecule has 118 valence electrons. The summed E-state index contributed by atoms with van der Waals surface area (Å²) in [6.07, 6.45) is 2.51. The van der Waals surface area contributed by atoms with Crippen LogP contribution in [-0.2, 0) is 16.4 Å². The lowest BCUT2D eigenvalue weighted by Gasteiger charge is -2.10. The molecule has 0 aliphatic rings. The molecule has 1 aromatic carbocycles. The van der Waals surface area contributed by atoms with Crippen LogP contribution in [-0.4, -0.2) is 25.8 Å². The number of aryl methyl sites for hydroxylation is 2. The van der Waals surface area contributed by atoms with E-state index in [4.69, 9.17) is 4.74 Å². The molecule has 0 atom stereocenters. The summed E-state index contributed by atoms with van der Waals surface area (Å²) in [5, 5.41) is 0. The van der Waals surface area contributed by atoms with Gasteiger partial charge < -0.3 is 4.74 Å². The van der Waals surface area contributed by atoms with Gasteiger partial charge in [-0.05, 0) is 42.7 Å². The number of hydrogen-bond donors (Lipinski definition) is 1. The minimum absolute atomic E-state index is 0.0900. The smallest absolute Gasteiger partial charge is 0.237 e. The number of pyridine rings is 1. The summed E-state index contributed by atoms with van der Waals surface area (Å²) in [7, 11) is -3.48. The summed E-state index contributed by atoms with van der Waals surface area (Å²) in [5.41, 5.74) is 1.99. The Kier molecular flexibility index (Phi) is 5.38. The Labute approximate surface area is 131 Å². The highest BCUT2D eigenvalue weighted by Crippen LogP contribution is 2.14. The summed E-state index contributed by atoms with van der Waals surface area (Å²) >= 11 is 0. The third kappa shape index (κ3) is 4.73. The Morgan fingerprint density at radius 2 is 1.91 bits per heavy atom. The van der Waals surface area contributed by atoms with Gasteiger partial charge in [0.1, 0.15) is 23.9 Å². The van der Waals surface area contributed by atoms with Gasteiger partial charge in [0.05, 0.1) is 0 Å². The first-order valence-electron chi connectivity index (χ1n) is 7.14. The maximum Gasteiger partial charge on any atom is 0.237 e. The number of nitrogens with zero attached hydrogens (tertiary/aromatic N) is 1. The predicted octanol–water partition coefficient (Wildman–Crippen LogP) is 2.77. The average Bonchev–Trinajstić information content (AvgIpc) is 2.50. The molecular weight excluding hydrogens is 300 g/mol. The predicted molar refractivity (Wildman–Crippen MR) is 87.7 cm³/mol. The average molecular weight is 320 g/mol. The fraction of sp³-hybridized carbons (Fsp3) is 0.312. The molecule has 0 unspecified atom stereocenters. The van der Waals surface area contributed by atoms with Gasteiger partial charge >= 0.3 is 0 Å². The van der Waals surface area contributed by atoms with Crippen molar-refractivity contribution in [2.24, 2.45) is 0 Å². The minimum Gasteiger partial charge on any atom is -0.492 e. The second kappa shape index (κ2) is 7.26. The largest absolute Gasteiger partial charge is 0.492 e. The van der Waals surface area contributed by atoms with E-state index in [0.29, 0.717) is 11.6 Å². The standard InChI is InChI=1S/C16H20N2O3S/c1-3-14-6-8-15(9-7-14)21-11-12-22(19,20)18-16-13(2)5-4-10-17-16/h4-10H,3,11-12H2,1-2H3,(H,17,18). The van der Waals surface area contributed by atoms with E-state index in [1.807, 2.05) is 24.3 Å². The fourth-order valence-electron chi connectivity index (χ4n) is 1.88. The van der Waals surface area contributed by atoms with Crippen LogP contribution in [0.25, 0.3) is 0 Å². The zero-order valence-corrected chi connectivity index (χ0v) is 13.6. The van der Waals surface area contributed by atoms with Gasteiger partial charge in [-0.15, -0.1) is 0 Å². The van der Waals surface area contributed by atoms with Crippen molar-refractivity contribution in [1.82, 2.24) is 4.98 Å². The molecule has 0 bridgehead atoms. The van der Waals surface area contributed by atoms with Crippen LogP contribution in [0.3, 0.4) is 0 Å². The van der Waals surface area contributed by atoms with Crippen molar-refractivity contribution in [2.45, 2.75) is 20.3 Å². The first kappa shape index (κ1) is 16.3. The van der Waals surface area contributed by atoms with Crippen molar-refractivity contribution in [3.8, 4) is 5.75 Å². The number of aromatic nitrogens is 1. The molecule has 0 saturated carbocycles. The molecule has 0 radical (unpaired) electrons. The molecular formula is C16H20N2O3S. The Bertz CT molecular complexity index is 712. The SMILES string of the molecule is CCc1ccc(OCCS(=O)(=O)Nc2ncccc2C)cc1. The minimum atomic E-state index is -3.48. The zero-order valence-electron chi connectivity index (χ0n) is 12.7. The molecule has 2 rings (SSSR count). The zero-order chi connectivity index (χ0) is 16.0. The molecule has 1 N–H and O–H groups in total. The molecule has 5 nitrogen and oxygen atoms in total. The third-order valence-electron chi connectivity index (χ3n) is 3.21. The molecule has 1 heterocycles. The number of nitrogens with one attached hydrogen (secondary N) is 1. The van der Waals surface area contributed by atoms with Crippen molar-refractivity contribution < 1.29 is 13.2 Å². The number of rotatable bonds is 7. The van der Waals surface area contributed by atoms with Gasteiger partial charge in [0.25, 0.3) is 0 Å². The summed E-state index contributed by atoms with van der Waals surface area (Å²) in [6.45, 7) is 3.97. The molecule has 0 spiro atoms. The highest BCUT2D eigenvalue weighted by Gasteiger charge is 2.12. The quantitative estimate of drug-likeness (QED) is 0.852. The molecule has 0 aliphatic heterocycles. The highest BCUT2D eigenvalue weighted by atomic mass is 32.2. The van der Waals surface area contributed by atoms with Crippen LogP contribution in [0, 0.1) is 6.92 Å².